The van der Waals surface area contributed by atoms with E-state index in [1.165, 1.54) is 18.2 Å². The van der Waals surface area contributed by atoms with Gasteiger partial charge in [0.1, 0.15) is 0 Å². The summed E-state index contributed by atoms with van der Waals surface area (Å²) in [6, 6.07) is 11.8. The van der Waals surface area contributed by atoms with Gasteiger partial charge in [-0.3, -0.25) is 4.79 Å². The van der Waals surface area contributed by atoms with Crippen LogP contribution in [0.4, 0.5) is 18.9 Å². The maximum Gasteiger partial charge on any atom is 0.417 e. The molecule has 2 rings (SSSR count). The summed E-state index contributed by atoms with van der Waals surface area (Å²) in [6.07, 6.45) is -3.50. The second-order valence-electron chi connectivity index (χ2n) is 5.23. The highest BCUT2D eigenvalue weighted by molar-refractivity contribution is 5.95. The Kier molecular flexibility index (Phi) is 5.23. The largest absolute Gasteiger partial charge is 0.417 e. The summed E-state index contributed by atoms with van der Waals surface area (Å²) in [5.41, 5.74) is 2.59. The van der Waals surface area contributed by atoms with Gasteiger partial charge in [0.25, 0.3) is 5.91 Å². The summed E-state index contributed by atoms with van der Waals surface area (Å²) in [5.74, 6) is -0.499. The molecular weight excluding hydrogens is 319 g/mol. The fourth-order valence-corrected chi connectivity index (χ4v) is 2.00. The second-order valence-corrected chi connectivity index (χ2v) is 5.23. The fourth-order valence-electron chi connectivity index (χ4n) is 2.00. The minimum atomic E-state index is -4.48. The van der Waals surface area contributed by atoms with Crippen LogP contribution in [0.3, 0.4) is 0 Å². The van der Waals surface area contributed by atoms with E-state index >= 15 is 0 Å². The first-order valence-corrected chi connectivity index (χ1v) is 7.06. The smallest absolute Gasteiger partial charge is 0.378 e. The molecular formula is C17H16F3N3O. The van der Waals surface area contributed by atoms with E-state index in [-0.39, 0.29) is 5.56 Å². The standard InChI is InChI=1S/C17H16F3N3O/c1-23(2)14-9-7-12(8-10-14)16(24)22-21-11-13-5-3-4-6-15(13)17(18,19)20/h3-11H,1-2H3,(H,22,24)/b21-11-. The first kappa shape index (κ1) is 17.5. The normalized spacial score (nSPS) is 11.5. The Morgan fingerprint density at radius 3 is 2.29 bits per heavy atom. The Morgan fingerprint density at radius 1 is 1.08 bits per heavy atom. The van der Waals surface area contributed by atoms with Crippen LogP contribution in [0.15, 0.2) is 53.6 Å². The molecule has 0 unspecified atom stereocenters. The molecule has 0 saturated carbocycles. The van der Waals surface area contributed by atoms with E-state index in [4.69, 9.17) is 0 Å². The number of carbonyl (C=O) groups excluding carboxylic acids is 1. The molecule has 0 aliphatic rings. The van der Waals surface area contributed by atoms with E-state index in [0.29, 0.717) is 5.56 Å². The van der Waals surface area contributed by atoms with Crippen molar-refractivity contribution >= 4 is 17.8 Å². The lowest BCUT2D eigenvalue weighted by molar-refractivity contribution is -0.137. The van der Waals surface area contributed by atoms with Gasteiger partial charge in [0.05, 0.1) is 11.8 Å². The predicted octanol–water partition coefficient (Wildman–Crippen LogP) is 3.54. The molecule has 0 bridgehead atoms. The molecule has 0 aromatic heterocycles. The lowest BCUT2D eigenvalue weighted by Crippen LogP contribution is -2.18. The molecule has 1 amide bonds. The third-order valence-corrected chi connectivity index (χ3v) is 3.28. The van der Waals surface area contributed by atoms with Gasteiger partial charge >= 0.3 is 6.18 Å². The van der Waals surface area contributed by atoms with E-state index in [2.05, 4.69) is 10.5 Å². The number of amides is 1. The minimum absolute atomic E-state index is 0.117. The van der Waals surface area contributed by atoms with Crippen LogP contribution in [-0.2, 0) is 6.18 Å². The van der Waals surface area contributed by atoms with Crippen molar-refractivity contribution in [2.24, 2.45) is 5.10 Å². The number of halogens is 3. The monoisotopic (exact) mass is 335 g/mol. The van der Waals surface area contributed by atoms with Crippen LogP contribution in [0.2, 0.25) is 0 Å². The molecule has 0 aliphatic heterocycles. The topological polar surface area (TPSA) is 44.7 Å². The van der Waals surface area contributed by atoms with E-state index in [1.54, 1.807) is 24.3 Å². The summed E-state index contributed by atoms with van der Waals surface area (Å²) in [5, 5.41) is 3.61. The summed E-state index contributed by atoms with van der Waals surface area (Å²) in [6.45, 7) is 0. The SMILES string of the molecule is CN(C)c1ccc(C(=O)N/N=C\c2ccccc2C(F)(F)F)cc1. The van der Waals surface area contributed by atoms with Crippen LogP contribution in [0.5, 0.6) is 0 Å². The van der Waals surface area contributed by atoms with E-state index < -0.39 is 17.6 Å². The number of hydrogen-bond acceptors (Lipinski definition) is 3. The van der Waals surface area contributed by atoms with Gasteiger partial charge in [0.15, 0.2) is 0 Å². The Labute approximate surface area is 137 Å². The lowest BCUT2D eigenvalue weighted by Gasteiger charge is -2.12. The highest BCUT2D eigenvalue weighted by atomic mass is 19.4. The fraction of sp³-hybridized carbons (Fsp3) is 0.176. The molecule has 4 nitrogen and oxygen atoms in total. The zero-order chi connectivity index (χ0) is 17.7. The van der Waals surface area contributed by atoms with E-state index in [9.17, 15) is 18.0 Å². The number of benzene rings is 2. The number of carbonyl (C=O) groups is 1. The Bertz CT molecular complexity index is 737. The molecule has 0 saturated heterocycles. The van der Waals surface area contributed by atoms with Gasteiger partial charge in [-0.2, -0.15) is 18.3 Å². The Morgan fingerprint density at radius 2 is 1.71 bits per heavy atom. The molecule has 126 valence electrons. The molecule has 2 aromatic carbocycles. The van der Waals surface area contributed by atoms with Gasteiger partial charge in [0, 0.05) is 30.9 Å². The van der Waals surface area contributed by atoms with Crippen LogP contribution in [0, 0.1) is 0 Å². The second kappa shape index (κ2) is 7.16. The molecule has 0 atom stereocenters. The zero-order valence-electron chi connectivity index (χ0n) is 13.1. The van der Waals surface area contributed by atoms with Crippen molar-refractivity contribution in [3.05, 3.63) is 65.2 Å². The van der Waals surface area contributed by atoms with Crippen LogP contribution < -0.4 is 10.3 Å². The van der Waals surface area contributed by atoms with Crippen LogP contribution in [0.1, 0.15) is 21.5 Å². The third-order valence-electron chi connectivity index (χ3n) is 3.28. The molecule has 0 heterocycles. The third kappa shape index (κ3) is 4.34. The van der Waals surface area contributed by atoms with Crippen molar-refractivity contribution in [1.29, 1.82) is 0 Å². The summed E-state index contributed by atoms with van der Waals surface area (Å²) >= 11 is 0. The number of hydrazone groups is 1. The molecule has 0 radical (unpaired) electrons. The van der Waals surface area contributed by atoms with Gasteiger partial charge < -0.3 is 4.90 Å². The number of hydrogen-bond donors (Lipinski definition) is 1. The minimum Gasteiger partial charge on any atom is -0.378 e. The van der Waals surface area contributed by atoms with Gasteiger partial charge in [-0.15, -0.1) is 0 Å². The molecule has 0 fully saturated rings. The average Bonchev–Trinajstić information content (AvgIpc) is 2.54. The summed E-state index contributed by atoms with van der Waals surface area (Å²) < 4.78 is 38.5. The quantitative estimate of drug-likeness (QED) is 0.686. The van der Waals surface area contributed by atoms with Crippen LogP contribution >= 0.6 is 0 Å². The van der Waals surface area contributed by atoms with Gasteiger partial charge in [-0.1, -0.05) is 18.2 Å². The van der Waals surface area contributed by atoms with Crippen molar-refractivity contribution in [2.75, 3.05) is 19.0 Å². The van der Waals surface area contributed by atoms with Crippen molar-refractivity contribution in [2.45, 2.75) is 6.18 Å². The predicted molar refractivity (Wildman–Crippen MR) is 87.3 cm³/mol. The van der Waals surface area contributed by atoms with Crippen molar-refractivity contribution in [1.82, 2.24) is 5.43 Å². The molecule has 24 heavy (non-hydrogen) atoms. The van der Waals surface area contributed by atoms with Crippen molar-refractivity contribution in [3.8, 4) is 0 Å². The molecule has 2 aromatic rings. The Balaban J connectivity index is 2.08. The number of nitrogens with zero attached hydrogens (tertiary/aromatic N) is 2. The molecule has 0 spiro atoms. The zero-order valence-corrected chi connectivity index (χ0v) is 13.1. The Hall–Kier alpha value is -2.83. The highest BCUT2D eigenvalue weighted by Gasteiger charge is 2.32. The first-order chi connectivity index (χ1) is 11.3. The van der Waals surface area contributed by atoms with Crippen molar-refractivity contribution in [3.63, 3.8) is 0 Å². The number of anilines is 1. The summed E-state index contributed by atoms with van der Waals surface area (Å²) in [7, 11) is 3.74. The van der Waals surface area contributed by atoms with E-state index in [1.807, 2.05) is 19.0 Å². The number of rotatable bonds is 4. The molecule has 0 aliphatic carbocycles. The van der Waals surface area contributed by atoms with E-state index in [0.717, 1.165) is 18.0 Å². The molecule has 1 N–H and O–H groups in total. The maximum atomic E-state index is 12.8. The number of alkyl halides is 3. The highest BCUT2D eigenvalue weighted by Crippen LogP contribution is 2.31. The van der Waals surface area contributed by atoms with Crippen LogP contribution in [-0.4, -0.2) is 26.2 Å². The van der Waals surface area contributed by atoms with Gasteiger partial charge in [-0.05, 0) is 30.3 Å². The van der Waals surface area contributed by atoms with Crippen LogP contribution in [0.25, 0.3) is 0 Å². The van der Waals surface area contributed by atoms with Crippen molar-refractivity contribution < 1.29 is 18.0 Å². The average molecular weight is 335 g/mol. The summed E-state index contributed by atoms with van der Waals surface area (Å²) in [4.78, 5) is 13.8. The first-order valence-electron chi connectivity index (χ1n) is 7.06. The van der Waals surface area contributed by atoms with Gasteiger partial charge in [-0.25, -0.2) is 5.43 Å². The lowest BCUT2D eigenvalue weighted by atomic mass is 10.1. The van der Waals surface area contributed by atoms with Gasteiger partial charge in [0.2, 0.25) is 0 Å². The number of nitrogens with one attached hydrogen (secondary N) is 1. The molecule has 7 heteroatoms. The maximum absolute atomic E-state index is 12.8.